The van der Waals surface area contributed by atoms with Crippen molar-refractivity contribution in [3.05, 3.63) is 40.1 Å². The standard InChI is InChI=1S/C12H12N4O3S/c1-16-8(4-5-14-16)2-3-10(17)13-6-11-15-9(7-20-11)12(18)19/h2-5,7H,6H2,1H3,(H,13,17)(H,18,19)/b3-2-. The van der Waals surface area contributed by atoms with Crippen molar-refractivity contribution < 1.29 is 14.7 Å². The molecular formula is C12H12N4O3S. The second-order valence-corrected chi connectivity index (χ2v) is 4.81. The number of carboxylic acid groups (broad SMARTS) is 1. The third kappa shape index (κ3) is 3.51. The number of carbonyl (C=O) groups is 2. The van der Waals surface area contributed by atoms with Crippen LogP contribution in [-0.4, -0.2) is 31.7 Å². The van der Waals surface area contributed by atoms with Crippen LogP contribution in [-0.2, 0) is 18.4 Å². The van der Waals surface area contributed by atoms with Crippen molar-refractivity contribution in [1.82, 2.24) is 20.1 Å². The summed E-state index contributed by atoms with van der Waals surface area (Å²) in [6.45, 7) is 0.201. The van der Waals surface area contributed by atoms with Gasteiger partial charge in [0.05, 0.1) is 12.2 Å². The average molecular weight is 292 g/mol. The molecule has 2 N–H and O–H groups in total. The van der Waals surface area contributed by atoms with Crippen molar-refractivity contribution in [2.24, 2.45) is 7.05 Å². The Kier molecular flexibility index (Phi) is 4.26. The molecule has 2 aromatic heterocycles. The number of hydrogen-bond acceptors (Lipinski definition) is 5. The number of nitrogens with zero attached hydrogens (tertiary/aromatic N) is 3. The van der Waals surface area contributed by atoms with Crippen LogP contribution in [0.3, 0.4) is 0 Å². The van der Waals surface area contributed by atoms with E-state index in [-0.39, 0.29) is 18.1 Å². The number of carboxylic acids is 1. The van der Waals surface area contributed by atoms with Crippen molar-refractivity contribution in [1.29, 1.82) is 0 Å². The molecule has 0 radical (unpaired) electrons. The zero-order valence-electron chi connectivity index (χ0n) is 10.6. The Morgan fingerprint density at radius 3 is 2.95 bits per heavy atom. The molecule has 0 atom stereocenters. The molecule has 0 spiro atoms. The van der Waals surface area contributed by atoms with Crippen molar-refractivity contribution in [2.75, 3.05) is 0 Å². The van der Waals surface area contributed by atoms with Crippen molar-refractivity contribution in [3.63, 3.8) is 0 Å². The highest BCUT2D eigenvalue weighted by atomic mass is 32.1. The Morgan fingerprint density at radius 1 is 1.55 bits per heavy atom. The molecule has 2 heterocycles. The van der Waals surface area contributed by atoms with E-state index in [0.717, 1.165) is 5.69 Å². The summed E-state index contributed by atoms with van der Waals surface area (Å²) in [6.07, 6.45) is 4.68. The molecule has 0 unspecified atom stereocenters. The maximum absolute atomic E-state index is 11.6. The van der Waals surface area contributed by atoms with E-state index >= 15 is 0 Å². The number of aromatic nitrogens is 3. The third-order valence-electron chi connectivity index (χ3n) is 2.45. The van der Waals surface area contributed by atoms with E-state index in [1.54, 1.807) is 30.1 Å². The number of nitrogens with one attached hydrogen (secondary N) is 1. The Bertz CT molecular complexity index is 659. The van der Waals surface area contributed by atoms with E-state index in [0.29, 0.717) is 5.01 Å². The van der Waals surface area contributed by atoms with Crippen LogP contribution in [0.25, 0.3) is 6.08 Å². The molecule has 0 saturated carbocycles. The molecule has 2 rings (SSSR count). The minimum atomic E-state index is -1.07. The topological polar surface area (TPSA) is 97.1 Å². The molecule has 2 aromatic rings. The van der Waals surface area contributed by atoms with Crippen LogP contribution in [0, 0.1) is 0 Å². The fourth-order valence-electron chi connectivity index (χ4n) is 1.42. The van der Waals surface area contributed by atoms with Gasteiger partial charge in [0.25, 0.3) is 0 Å². The minimum Gasteiger partial charge on any atom is -0.476 e. The first-order valence-electron chi connectivity index (χ1n) is 5.68. The highest BCUT2D eigenvalue weighted by molar-refractivity contribution is 7.09. The normalized spacial score (nSPS) is 10.8. The zero-order valence-corrected chi connectivity index (χ0v) is 11.4. The van der Waals surface area contributed by atoms with Crippen LogP contribution in [0.15, 0.2) is 23.7 Å². The number of hydrogen-bond donors (Lipinski definition) is 2. The highest BCUT2D eigenvalue weighted by Crippen LogP contribution is 2.09. The van der Waals surface area contributed by atoms with Gasteiger partial charge in [0.1, 0.15) is 5.01 Å². The molecule has 0 aromatic carbocycles. The molecule has 8 heteroatoms. The summed E-state index contributed by atoms with van der Waals surface area (Å²) in [5, 5.41) is 17.3. The SMILES string of the molecule is Cn1nccc1/C=C\C(=O)NCc1nc(C(=O)O)cs1. The number of amides is 1. The third-order valence-corrected chi connectivity index (χ3v) is 3.30. The van der Waals surface area contributed by atoms with Crippen LogP contribution in [0.5, 0.6) is 0 Å². The molecule has 7 nitrogen and oxygen atoms in total. The van der Waals surface area contributed by atoms with Gasteiger partial charge in [0.15, 0.2) is 5.69 Å². The van der Waals surface area contributed by atoms with E-state index in [9.17, 15) is 9.59 Å². The van der Waals surface area contributed by atoms with Crippen LogP contribution in [0.4, 0.5) is 0 Å². The van der Waals surface area contributed by atoms with E-state index < -0.39 is 5.97 Å². The molecule has 0 fully saturated rings. The van der Waals surface area contributed by atoms with Gasteiger partial charge in [-0.2, -0.15) is 5.10 Å². The van der Waals surface area contributed by atoms with Gasteiger partial charge in [-0.25, -0.2) is 9.78 Å². The molecule has 0 saturated heterocycles. The Balaban J connectivity index is 1.87. The summed E-state index contributed by atoms with van der Waals surface area (Å²) in [5.74, 6) is -1.35. The Morgan fingerprint density at radius 2 is 2.35 bits per heavy atom. The van der Waals surface area contributed by atoms with Crippen LogP contribution in [0.1, 0.15) is 21.2 Å². The van der Waals surface area contributed by atoms with Crippen molar-refractivity contribution in [3.8, 4) is 0 Å². The smallest absolute Gasteiger partial charge is 0.355 e. The van der Waals surface area contributed by atoms with Crippen LogP contribution >= 0.6 is 11.3 Å². The summed E-state index contributed by atoms with van der Waals surface area (Å²) >= 11 is 1.19. The molecule has 104 valence electrons. The zero-order chi connectivity index (χ0) is 14.5. The van der Waals surface area contributed by atoms with Gasteiger partial charge in [0.2, 0.25) is 5.91 Å². The van der Waals surface area contributed by atoms with Gasteiger partial charge in [-0.15, -0.1) is 11.3 Å². The quantitative estimate of drug-likeness (QED) is 0.798. The van der Waals surface area contributed by atoms with Crippen molar-refractivity contribution in [2.45, 2.75) is 6.54 Å². The summed E-state index contributed by atoms with van der Waals surface area (Å²) < 4.78 is 1.64. The molecule has 0 aliphatic heterocycles. The van der Waals surface area contributed by atoms with Crippen LogP contribution < -0.4 is 5.32 Å². The first-order chi connectivity index (χ1) is 9.56. The Hall–Kier alpha value is -2.48. The van der Waals surface area contributed by atoms with Crippen LogP contribution in [0.2, 0.25) is 0 Å². The maximum atomic E-state index is 11.6. The van der Waals surface area contributed by atoms with Gasteiger partial charge in [0, 0.05) is 24.7 Å². The lowest BCUT2D eigenvalue weighted by atomic mass is 10.3. The number of aryl methyl sites for hydroxylation is 1. The monoisotopic (exact) mass is 292 g/mol. The summed E-state index contributed by atoms with van der Waals surface area (Å²) in [6, 6.07) is 1.78. The summed E-state index contributed by atoms with van der Waals surface area (Å²) in [4.78, 5) is 26.1. The number of rotatable bonds is 5. The van der Waals surface area contributed by atoms with E-state index in [1.807, 2.05) is 0 Å². The van der Waals surface area contributed by atoms with Gasteiger partial charge in [-0.1, -0.05) is 0 Å². The number of thiazole rings is 1. The molecule has 20 heavy (non-hydrogen) atoms. The maximum Gasteiger partial charge on any atom is 0.355 e. The number of carbonyl (C=O) groups excluding carboxylic acids is 1. The fourth-order valence-corrected chi connectivity index (χ4v) is 2.13. The fraction of sp³-hybridized carbons (Fsp3) is 0.167. The highest BCUT2D eigenvalue weighted by Gasteiger charge is 2.08. The largest absolute Gasteiger partial charge is 0.476 e. The average Bonchev–Trinajstić information content (AvgIpc) is 3.03. The van der Waals surface area contributed by atoms with Crippen molar-refractivity contribution >= 4 is 29.3 Å². The second kappa shape index (κ2) is 6.11. The molecule has 0 aliphatic rings. The lowest BCUT2D eigenvalue weighted by molar-refractivity contribution is -0.116. The first-order valence-corrected chi connectivity index (χ1v) is 6.56. The second-order valence-electron chi connectivity index (χ2n) is 3.86. The van der Waals surface area contributed by atoms with Gasteiger partial charge < -0.3 is 10.4 Å². The minimum absolute atomic E-state index is 0.00956. The summed E-state index contributed by atoms with van der Waals surface area (Å²) in [7, 11) is 1.78. The van der Waals surface area contributed by atoms with Gasteiger partial charge >= 0.3 is 5.97 Å². The predicted octanol–water partition coefficient (Wildman–Crippen LogP) is 0.904. The first kappa shape index (κ1) is 13.9. The summed E-state index contributed by atoms with van der Waals surface area (Å²) in [5.41, 5.74) is 0.798. The van der Waals surface area contributed by atoms with E-state index in [1.165, 1.54) is 22.8 Å². The molecule has 0 aliphatic carbocycles. The van der Waals surface area contributed by atoms with Gasteiger partial charge in [-0.3, -0.25) is 9.48 Å². The molecular weight excluding hydrogens is 280 g/mol. The van der Waals surface area contributed by atoms with Gasteiger partial charge in [-0.05, 0) is 12.1 Å². The van der Waals surface area contributed by atoms with E-state index in [2.05, 4.69) is 15.4 Å². The number of aromatic carboxylic acids is 1. The predicted molar refractivity (Wildman–Crippen MR) is 73.2 cm³/mol. The van der Waals surface area contributed by atoms with E-state index in [4.69, 9.17) is 5.11 Å². The Labute approximate surface area is 118 Å². The lowest BCUT2D eigenvalue weighted by Gasteiger charge is -1.98. The molecule has 1 amide bonds. The molecule has 0 bridgehead atoms. The lowest BCUT2D eigenvalue weighted by Crippen LogP contribution is -2.20.